The Labute approximate surface area is 158 Å². The fraction of sp³-hybridized carbons (Fsp3) is 0.409. The molecule has 1 atom stereocenters. The molecule has 1 unspecified atom stereocenters. The summed E-state index contributed by atoms with van der Waals surface area (Å²) < 4.78 is 0. The average molecular weight is 360 g/mol. The third kappa shape index (κ3) is 3.40. The number of pyridine rings is 3. The molecule has 4 rings (SSSR count). The molecule has 2 N–H and O–H groups in total. The van der Waals surface area contributed by atoms with Crippen molar-refractivity contribution in [2.45, 2.75) is 46.6 Å². The number of hydrogen-bond acceptors (Lipinski definition) is 4. The topological polar surface area (TPSA) is 70.7 Å². The molecule has 0 amide bonds. The molecule has 1 fully saturated rings. The minimum absolute atomic E-state index is 0.0682. The van der Waals surface area contributed by atoms with E-state index < -0.39 is 0 Å². The van der Waals surface area contributed by atoms with Crippen LogP contribution in [0.4, 0.5) is 5.82 Å². The molecule has 0 saturated heterocycles. The molecule has 5 heteroatoms. The predicted octanol–water partition coefficient (Wildman–Crippen LogP) is 4.08. The second-order valence-corrected chi connectivity index (χ2v) is 8.41. The van der Waals surface area contributed by atoms with E-state index in [0.717, 1.165) is 35.0 Å². The molecule has 0 aromatic carbocycles. The molecule has 5 nitrogen and oxygen atoms in total. The number of hydrogen-bond donors (Lipinski definition) is 2. The van der Waals surface area contributed by atoms with Crippen LogP contribution in [0.3, 0.4) is 0 Å². The number of H-pyrrole nitrogens is 1. The van der Waals surface area contributed by atoms with Gasteiger partial charge < -0.3 is 10.3 Å². The summed E-state index contributed by atoms with van der Waals surface area (Å²) in [6, 6.07) is 2.10. The molecule has 0 radical (unpaired) electrons. The van der Waals surface area contributed by atoms with Gasteiger partial charge in [0.05, 0.1) is 16.5 Å². The van der Waals surface area contributed by atoms with Gasteiger partial charge in [0.15, 0.2) is 0 Å². The molecule has 0 aliphatic heterocycles. The van der Waals surface area contributed by atoms with Gasteiger partial charge in [0.25, 0.3) is 5.56 Å². The lowest BCUT2D eigenvalue weighted by atomic mass is 9.88. The molecule has 1 aliphatic carbocycles. The maximum absolute atomic E-state index is 12.6. The second-order valence-electron chi connectivity index (χ2n) is 8.41. The van der Waals surface area contributed by atoms with E-state index in [-0.39, 0.29) is 17.0 Å². The van der Waals surface area contributed by atoms with Crippen molar-refractivity contribution in [2.24, 2.45) is 11.3 Å². The summed E-state index contributed by atoms with van der Waals surface area (Å²) in [5.74, 6) is 7.74. The van der Waals surface area contributed by atoms with E-state index in [0.29, 0.717) is 16.8 Å². The minimum atomic E-state index is -0.164. The van der Waals surface area contributed by atoms with E-state index >= 15 is 0 Å². The first-order valence-electron chi connectivity index (χ1n) is 9.42. The van der Waals surface area contributed by atoms with E-state index in [9.17, 15) is 4.79 Å². The second kappa shape index (κ2) is 6.38. The standard InChI is InChI=1S/C22H24N4O/c1-13(22(2,3)4)25-20-16-9-10-23-12-17(16)18-19(26-20)15(11-24-21(18)27)8-7-14-5-6-14/h9-14H,5-6H2,1-4H3,(H,24,27)(H,25,26). The molecule has 3 aromatic rings. The predicted molar refractivity (Wildman–Crippen MR) is 110 cm³/mol. The van der Waals surface area contributed by atoms with Crippen LogP contribution in [-0.4, -0.2) is 21.0 Å². The molecule has 0 bridgehead atoms. The molecule has 27 heavy (non-hydrogen) atoms. The normalized spacial score (nSPS) is 15.4. The van der Waals surface area contributed by atoms with Crippen LogP contribution in [0.5, 0.6) is 0 Å². The lowest BCUT2D eigenvalue weighted by Crippen LogP contribution is -2.31. The number of aromatic nitrogens is 3. The summed E-state index contributed by atoms with van der Waals surface area (Å²) in [7, 11) is 0. The third-order valence-corrected chi connectivity index (χ3v) is 5.28. The largest absolute Gasteiger partial charge is 0.367 e. The molecule has 3 aromatic heterocycles. The van der Waals surface area contributed by atoms with Crippen molar-refractivity contribution in [3.05, 3.63) is 40.6 Å². The number of anilines is 1. The average Bonchev–Trinajstić information content (AvgIpc) is 3.44. The van der Waals surface area contributed by atoms with E-state index in [1.807, 2.05) is 6.07 Å². The van der Waals surface area contributed by atoms with Crippen LogP contribution in [0.15, 0.2) is 29.5 Å². The minimum Gasteiger partial charge on any atom is -0.367 e. The van der Waals surface area contributed by atoms with Gasteiger partial charge in [-0.25, -0.2) is 4.98 Å². The van der Waals surface area contributed by atoms with E-state index in [4.69, 9.17) is 4.98 Å². The maximum atomic E-state index is 12.6. The van der Waals surface area contributed by atoms with Gasteiger partial charge in [0, 0.05) is 41.3 Å². The van der Waals surface area contributed by atoms with Gasteiger partial charge in [-0.1, -0.05) is 32.6 Å². The summed E-state index contributed by atoms with van der Waals surface area (Å²) in [6.45, 7) is 8.70. The number of fused-ring (bicyclic) bond motifs is 3. The van der Waals surface area contributed by atoms with Gasteiger partial charge in [-0.15, -0.1) is 0 Å². The van der Waals surface area contributed by atoms with Crippen molar-refractivity contribution < 1.29 is 0 Å². The fourth-order valence-electron chi connectivity index (χ4n) is 2.89. The van der Waals surface area contributed by atoms with Crippen LogP contribution in [0.1, 0.15) is 46.1 Å². The number of nitrogens with one attached hydrogen (secondary N) is 2. The van der Waals surface area contributed by atoms with Gasteiger partial charge in [0.1, 0.15) is 5.82 Å². The van der Waals surface area contributed by atoms with Crippen molar-refractivity contribution >= 4 is 27.5 Å². The Hall–Kier alpha value is -2.87. The summed E-state index contributed by atoms with van der Waals surface area (Å²) in [6.07, 6.45) is 7.45. The first-order valence-corrected chi connectivity index (χ1v) is 9.42. The number of rotatable bonds is 2. The Balaban J connectivity index is 1.98. The Morgan fingerprint density at radius 2 is 2.07 bits per heavy atom. The van der Waals surface area contributed by atoms with Gasteiger partial charge in [-0.3, -0.25) is 9.78 Å². The van der Waals surface area contributed by atoms with Crippen LogP contribution < -0.4 is 10.9 Å². The van der Waals surface area contributed by atoms with Crippen LogP contribution in [0.2, 0.25) is 0 Å². The molecule has 0 spiro atoms. The first kappa shape index (κ1) is 17.5. The van der Waals surface area contributed by atoms with Crippen molar-refractivity contribution in [1.82, 2.24) is 15.0 Å². The molecule has 138 valence electrons. The number of aromatic amines is 1. The SMILES string of the molecule is CC(Nc1nc2c(C#CC3CC3)c[nH]c(=O)c2c2cnccc12)C(C)(C)C. The molecular formula is C22H24N4O. The molecular weight excluding hydrogens is 336 g/mol. The monoisotopic (exact) mass is 360 g/mol. The first-order chi connectivity index (χ1) is 12.8. The highest BCUT2D eigenvalue weighted by atomic mass is 16.1. The zero-order valence-corrected chi connectivity index (χ0v) is 16.2. The zero-order chi connectivity index (χ0) is 19.2. The third-order valence-electron chi connectivity index (χ3n) is 5.28. The Morgan fingerprint density at radius 3 is 2.78 bits per heavy atom. The van der Waals surface area contributed by atoms with Crippen molar-refractivity contribution in [1.29, 1.82) is 0 Å². The summed E-state index contributed by atoms with van der Waals surface area (Å²) in [4.78, 5) is 24.5. The van der Waals surface area contributed by atoms with E-state index in [2.05, 4.69) is 54.8 Å². The summed E-state index contributed by atoms with van der Waals surface area (Å²) in [5, 5.41) is 5.78. The van der Waals surface area contributed by atoms with Gasteiger partial charge in [-0.2, -0.15) is 0 Å². The summed E-state index contributed by atoms with van der Waals surface area (Å²) >= 11 is 0. The number of nitrogens with zero attached hydrogens (tertiary/aromatic N) is 2. The van der Waals surface area contributed by atoms with Gasteiger partial charge in [0.2, 0.25) is 0 Å². The van der Waals surface area contributed by atoms with Crippen LogP contribution in [0.25, 0.3) is 21.7 Å². The zero-order valence-electron chi connectivity index (χ0n) is 16.2. The smallest absolute Gasteiger partial charge is 0.258 e. The van der Waals surface area contributed by atoms with Crippen LogP contribution in [0, 0.1) is 23.2 Å². The fourth-order valence-corrected chi connectivity index (χ4v) is 2.89. The van der Waals surface area contributed by atoms with Crippen LogP contribution in [-0.2, 0) is 0 Å². The van der Waals surface area contributed by atoms with Gasteiger partial charge in [-0.05, 0) is 31.2 Å². The Kier molecular flexibility index (Phi) is 4.15. The van der Waals surface area contributed by atoms with Crippen molar-refractivity contribution in [2.75, 3.05) is 5.32 Å². The Morgan fingerprint density at radius 1 is 1.30 bits per heavy atom. The van der Waals surface area contributed by atoms with Crippen LogP contribution >= 0.6 is 0 Å². The quantitative estimate of drug-likeness (QED) is 0.534. The Bertz CT molecular complexity index is 1140. The van der Waals surface area contributed by atoms with E-state index in [1.54, 1.807) is 18.6 Å². The lowest BCUT2D eigenvalue weighted by molar-refractivity contribution is 0.359. The van der Waals surface area contributed by atoms with E-state index in [1.165, 1.54) is 0 Å². The van der Waals surface area contributed by atoms with Gasteiger partial charge >= 0.3 is 0 Å². The lowest BCUT2D eigenvalue weighted by Gasteiger charge is -2.29. The summed E-state index contributed by atoms with van der Waals surface area (Å²) in [5.41, 5.74) is 1.30. The highest BCUT2D eigenvalue weighted by Crippen LogP contribution is 2.31. The van der Waals surface area contributed by atoms with Crippen molar-refractivity contribution in [3.8, 4) is 11.8 Å². The highest BCUT2D eigenvalue weighted by molar-refractivity contribution is 6.10. The highest BCUT2D eigenvalue weighted by Gasteiger charge is 2.22. The maximum Gasteiger partial charge on any atom is 0.258 e. The van der Waals surface area contributed by atoms with Crippen molar-refractivity contribution in [3.63, 3.8) is 0 Å². The molecule has 1 aliphatic rings. The molecule has 1 saturated carbocycles. The molecule has 3 heterocycles.